The van der Waals surface area contributed by atoms with Crippen LogP contribution in [0, 0.1) is 3.57 Å². The van der Waals surface area contributed by atoms with Crippen molar-refractivity contribution in [2.24, 2.45) is 0 Å². The molecule has 230 valence electrons. The maximum Gasteiger partial charge on any atom is 0.247 e. The molecule has 10 heteroatoms. The Bertz CT molecular complexity index is 1030. The summed E-state index contributed by atoms with van der Waals surface area (Å²) in [6.45, 7) is 1.92. The Morgan fingerprint density at radius 1 is 1.10 bits per heavy atom. The van der Waals surface area contributed by atoms with Gasteiger partial charge in [0.2, 0.25) is 11.8 Å². The van der Waals surface area contributed by atoms with E-state index in [2.05, 4.69) is 34.8 Å². The Morgan fingerprint density at radius 3 is 2.49 bits per heavy atom. The first-order valence-corrected chi connectivity index (χ1v) is 16.1. The number of hydrogen-bond acceptors (Lipinski definition) is 7. The molecule has 2 aliphatic rings. The Balaban J connectivity index is 1.95. The minimum atomic E-state index is -1.08. The van der Waals surface area contributed by atoms with Crippen LogP contribution in [0.4, 0.5) is 0 Å². The van der Waals surface area contributed by atoms with Gasteiger partial charge in [-0.1, -0.05) is 51.9 Å². The molecule has 0 spiro atoms. The number of nitrogens with one attached hydrogen (secondary N) is 1. The van der Waals surface area contributed by atoms with Crippen LogP contribution in [0.2, 0.25) is 0 Å². The van der Waals surface area contributed by atoms with Gasteiger partial charge in [-0.15, -0.1) is 0 Å². The minimum absolute atomic E-state index is 0.00514. The zero-order chi connectivity index (χ0) is 29.8. The van der Waals surface area contributed by atoms with Crippen LogP contribution >= 0.6 is 22.6 Å². The number of halogens is 1. The van der Waals surface area contributed by atoms with Crippen molar-refractivity contribution in [1.29, 1.82) is 0 Å². The first-order valence-electron chi connectivity index (χ1n) is 15.1. The molecule has 0 bridgehead atoms. The van der Waals surface area contributed by atoms with E-state index in [1.54, 1.807) is 18.2 Å². The molecule has 1 saturated carbocycles. The molecular weight excluding hydrogens is 639 g/mol. The molecule has 41 heavy (non-hydrogen) atoms. The van der Waals surface area contributed by atoms with Gasteiger partial charge in [-0.25, -0.2) is 0 Å². The number of methoxy groups -OCH3 is 1. The standard InChI is InChI=1S/C31H47IN2O7/c1-3-4-5-6-10-13-28(37)34(23-11-8-7-9-12-23)25-18-22(31(39)33-14-15-35)19-26(29(25)38)41-30-24(32)16-21(20-36)17-27(30)40-2/h16-17,19,23,25-26,29,35-36,38H,3-15,18,20H2,1-2H3,(H,33,39)/t25-,26+,29+/m1/s1. The molecule has 3 rings (SSSR count). The summed E-state index contributed by atoms with van der Waals surface area (Å²) in [5.74, 6) is 0.472. The Kier molecular flexibility index (Phi) is 14.2. The lowest BCUT2D eigenvalue weighted by molar-refractivity contribution is -0.143. The molecule has 1 aromatic rings. The Morgan fingerprint density at radius 2 is 1.83 bits per heavy atom. The zero-order valence-corrected chi connectivity index (χ0v) is 26.6. The van der Waals surface area contributed by atoms with Gasteiger partial charge in [0.1, 0.15) is 12.2 Å². The molecule has 0 heterocycles. The number of ether oxygens (including phenoxy) is 2. The van der Waals surface area contributed by atoms with Gasteiger partial charge in [-0.05, 0) is 65.6 Å². The van der Waals surface area contributed by atoms with Gasteiger partial charge in [0.15, 0.2) is 11.5 Å². The van der Waals surface area contributed by atoms with E-state index in [1.165, 1.54) is 7.11 Å². The van der Waals surface area contributed by atoms with Crippen molar-refractivity contribution < 1.29 is 34.4 Å². The predicted octanol–water partition coefficient (Wildman–Crippen LogP) is 4.23. The van der Waals surface area contributed by atoms with Crippen LogP contribution in [-0.2, 0) is 16.2 Å². The van der Waals surface area contributed by atoms with Gasteiger partial charge >= 0.3 is 0 Å². The summed E-state index contributed by atoms with van der Waals surface area (Å²) >= 11 is 2.10. The van der Waals surface area contributed by atoms with E-state index in [0.717, 1.165) is 64.2 Å². The number of carbonyl (C=O) groups excluding carboxylic acids is 2. The largest absolute Gasteiger partial charge is 0.493 e. The van der Waals surface area contributed by atoms with E-state index in [1.807, 2.05) is 4.90 Å². The molecule has 0 radical (unpaired) electrons. The number of aliphatic hydroxyl groups excluding tert-OH is 3. The van der Waals surface area contributed by atoms with E-state index in [9.17, 15) is 24.9 Å². The van der Waals surface area contributed by atoms with Gasteiger partial charge in [0, 0.05) is 31.0 Å². The highest BCUT2D eigenvalue weighted by Crippen LogP contribution is 2.38. The summed E-state index contributed by atoms with van der Waals surface area (Å²) in [6.07, 6.45) is 10.4. The van der Waals surface area contributed by atoms with Crippen molar-refractivity contribution in [2.75, 3.05) is 20.3 Å². The highest BCUT2D eigenvalue weighted by Gasteiger charge is 2.43. The summed E-state index contributed by atoms with van der Waals surface area (Å²) in [5.41, 5.74) is 1.07. The molecule has 0 unspecified atom stereocenters. The maximum absolute atomic E-state index is 13.8. The van der Waals surface area contributed by atoms with E-state index in [-0.39, 0.29) is 44.0 Å². The average Bonchev–Trinajstić information content (AvgIpc) is 2.98. The third kappa shape index (κ3) is 9.30. The van der Waals surface area contributed by atoms with Crippen molar-refractivity contribution in [3.8, 4) is 11.5 Å². The van der Waals surface area contributed by atoms with E-state index in [0.29, 0.717) is 32.6 Å². The number of amides is 2. The molecule has 9 nitrogen and oxygen atoms in total. The molecular formula is C31H47IN2O7. The SMILES string of the molecule is CCCCCCCC(=O)N(C1CCCCC1)[C@@H]1CC(C(=O)NCCO)=C[C@H](Oc2c(I)cc(CO)cc2OC)[C@H]1O. The van der Waals surface area contributed by atoms with Crippen molar-refractivity contribution in [1.82, 2.24) is 10.2 Å². The number of rotatable bonds is 15. The monoisotopic (exact) mass is 686 g/mol. The number of aliphatic hydroxyl groups is 3. The van der Waals surface area contributed by atoms with Gasteiger partial charge < -0.3 is 35.0 Å². The second-order valence-corrected chi connectivity index (χ2v) is 12.2. The van der Waals surface area contributed by atoms with Crippen molar-refractivity contribution in [3.63, 3.8) is 0 Å². The molecule has 4 N–H and O–H groups in total. The van der Waals surface area contributed by atoms with Crippen LogP contribution < -0.4 is 14.8 Å². The lowest BCUT2D eigenvalue weighted by Crippen LogP contribution is -2.58. The normalized spacial score (nSPS) is 21.2. The second kappa shape index (κ2) is 17.3. The van der Waals surface area contributed by atoms with Crippen molar-refractivity contribution in [3.05, 3.63) is 32.9 Å². The second-order valence-electron chi connectivity index (χ2n) is 11.0. The average molecular weight is 687 g/mol. The van der Waals surface area contributed by atoms with Crippen LogP contribution in [0.15, 0.2) is 23.8 Å². The van der Waals surface area contributed by atoms with Crippen LogP contribution in [0.25, 0.3) is 0 Å². The number of hydrogen-bond donors (Lipinski definition) is 4. The number of nitrogens with zero attached hydrogens (tertiary/aromatic N) is 1. The van der Waals surface area contributed by atoms with Gasteiger partial charge in [0.05, 0.1) is 29.9 Å². The summed E-state index contributed by atoms with van der Waals surface area (Å²) in [6, 6.07) is 2.83. The first kappa shape index (κ1) is 33.6. The maximum atomic E-state index is 13.8. The molecule has 0 aliphatic heterocycles. The van der Waals surface area contributed by atoms with Crippen LogP contribution in [0.1, 0.15) is 89.5 Å². The fourth-order valence-electron chi connectivity index (χ4n) is 5.89. The molecule has 0 saturated heterocycles. The fraction of sp³-hybridized carbons (Fsp3) is 0.677. The predicted molar refractivity (Wildman–Crippen MR) is 166 cm³/mol. The molecule has 0 aromatic heterocycles. The topological polar surface area (TPSA) is 129 Å². The highest BCUT2D eigenvalue weighted by molar-refractivity contribution is 14.1. The molecule has 1 aromatic carbocycles. The number of unbranched alkanes of at least 4 members (excludes halogenated alkanes) is 4. The molecule has 2 amide bonds. The summed E-state index contributed by atoms with van der Waals surface area (Å²) in [4.78, 5) is 28.8. The zero-order valence-electron chi connectivity index (χ0n) is 24.4. The fourth-order valence-corrected chi connectivity index (χ4v) is 6.68. The van der Waals surface area contributed by atoms with Crippen LogP contribution in [0.3, 0.4) is 0 Å². The highest BCUT2D eigenvalue weighted by atomic mass is 127. The van der Waals surface area contributed by atoms with Crippen LogP contribution in [0.5, 0.6) is 11.5 Å². The third-order valence-electron chi connectivity index (χ3n) is 8.05. The van der Waals surface area contributed by atoms with Gasteiger partial charge in [0.25, 0.3) is 0 Å². The number of carbonyl (C=O) groups is 2. The minimum Gasteiger partial charge on any atom is -0.493 e. The van der Waals surface area contributed by atoms with Crippen LogP contribution in [-0.4, -0.2) is 76.6 Å². The van der Waals surface area contributed by atoms with Crippen molar-refractivity contribution >= 4 is 34.4 Å². The smallest absolute Gasteiger partial charge is 0.247 e. The van der Waals surface area contributed by atoms with Crippen molar-refractivity contribution in [2.45, 2.75) is 115 Å². The molecule has 3 atom stereocenters. The molecule has 2 aliphatic carbocycles. The van der Waals surface area contributed by atoms with Gasteiger partial charge in [-0.3, -0.25) is 9.59 Å². The summed E-state index contributed by atoms with van der Waals surface area (Å²) in [5, 5.41) is 33.4. The lowest BCUT2D eigenvalue weighted by Gasteiger charge is -2.45. The van der Waals surface area contributed by atoms with E-state index in [4.69, 9.17) is 9.47 Å². The lowest BCUT2D eigenvalue weighted by atomic mass is 9.85. The molecule has 1 fully saturated rings. The summed E-state index contributed by atoms with van der Waals surface area (Å²) < 4.78 is 12.6. The van der Waals surface area contributed by atoms with E-state index < -0.39 is 18.2 Å². The van der Waals surface area contributed by atoms with E-state index >= 15 is 0 Å². The Hall–Kier alpha value is -1.89. The quantitative estimate of drug-likeness (QED) is 0.161. The number of benzene rings is 1. The van der Waals surface area contributed by atoms with Gasteiger partial charge in [-0.2, -0.15) is 0 Å². The summed E-state index contributed by atoms with van der Waals surface area (Å²) in [7, 11) is 1.51. The first-order chi connectivity index (χ1) is 19.8. The third-order valence-corrected chi connectivity index (χ3v) is 8.85. The Labute approximate surface area is 257 Å².